The van der Waals surface area contributed by atoms with Crippen molar-refractivity contribution in [3.8, 4) is 11.8 Å². The third-order valence-electron chi connectivity index (χ3n) is 3.83. The van der Waals surface area contributed by atoms with Crippen molar-refractivity contribution in [2.75, 3.05) is 0 Å². The molecule has 0 saturated carbocycles. The molecule has 0 aromatic heterocycles. The first-order chi connectivity index (χ1) is 13.0. The van der Waals surface area contributed by atoms with E-state index < -0.39 is 0 Å². The Hall–Kier alpha value is -2.61. The zero-order chi connectivity index (χ0) is 19.2. The molecule has 2 nitrogen and oxygen atoms in total. The van der Waals surface area contributed by atoms with Crippen LogP contribution in [-0.4, -0.2) is 0 Å². The average molecular weight is 443 g/mol. The van der Waals surface area contributed by atoms with Gasteiger partial charge in [-0.2, -0.15) is 5.26 Å². The van der Waals surface area contributed by atoms with Crippen LogP contribution in [0, 0.1) is 17.1 Å². The van der Waals surface area contributed by atoms with Crippen LogP contribution in [0.4, 0.5) is 4.39 Å². The number of ether oxygens (including phenoxy) is 1. The highest BCUT2D eigenvalue weighted by atomic mass is 79.9. The van der Waals surface area contributed by atoms with Gasteiger partial charge in [0.2, 0.25) is 0 Å². The summed E-state index contributed by atoms with van der Waals surface area (Å²) in [5.74, 6) is 0.350. The Bertz CT molecular complexity index is 1030. The lowest BCUT2D eigenvalue weighted by Crippen LogP contribution is -1.96. The molecule has 0 aliphatic rings. The van der Waals surface area contributed by atoms with Crippen LogP contribution < -0.4 is 4.74 Å². The van der Waals surface area contributed by atoms with Crippen LogP contribution >= 0.6 is 27.5 Å². The molecule has 0 bridgehead atoms. The zero-order valence-corrected chi connectivity index (χ0v) is 16.5. The third-order valence-corrected chi connectivity index (χ3v) is 4.70. The topological polar surface area (TPSA) is 33.0 Å². The molecule has 0 unspecified atom stereocenters. The van der Waals surface area contributed by atoms with Crippen LogP contribution in [0.2, 0.25) is 5.02 Å². The number of allylic oxidation sites excluding steroid dienone is 1. The first-order valence-corrected chi connectivity index (χ1v) is 9.27. The number of rotatable bonds is 5. The fourth-order valence-corrected chi connectivity index (χ4v) is 3.12. The van der Waals surface area contributed by atoms with Crippen molar-refractivity contribution in [3.05, 3.63) is 98.7 Å². The van der Waals surface area contributed by atoms with Gasteiger partial charge >= 0.3 is 0 Å². The zero-order valence-electron chi connectivity index (χ0n) is 14.1. The molecular formula is C22H14BrClFNO. The Kier molecular flexibility index (Phi) is 6.28. The van der Waals surface area contributed by atoms with E-state index in [1.807, 2.05) is 30.3 Å². The van der Waals surface area contributed by atoms with Gasteiger partial charge in [-0.25, -0.2) is 4.39 Å². The van der Waals surface area contributed by atoms with Gasteiger partial charge in [0, 0.05) is 5.02 Å². The van der Waals surface area contributed by atoms with Gasteiger partial charge in [-0.1, -0.05) is 41.9 Å². The maximum absolute atomic E-state index is 13.2. The quantitative estimate of drug-likeness (QED) is 0.318. The molecule has 0 heterocycles. The highest BCUT2D eigenvalue weighted by Crippen LogP contribution is 2.29. The first-order valence-electron chi connectivity index (χ1n) is 8.10. The average Bonchev–Trinajstić information content (AvgIpc) is 2.66. The van der Waals surface area contributed by atoms with Crippen LogP contribution in [-0.2, 0) is 6.61 Å². The van der Waals surface area contributed by atoms with Crippen LogP contribution in [0.25, 0.3) is 11.6 Å². The molecule has 0 radical (unpaired) electrons. The summed E-state index contributed by atoms with van der Waals surface area (Å²) in [6.45, 7) is 0.264. The number of benzene rings is 3. The van der Waals surface area contributed by atoms with Crippen LogP contribution in [0.3, 0.4) is 0 Å². The van der Waals surface area contributed by atoms with Crippen molar-refractivity contribution in [2.45, 2.75) is 6.61 Å². The summed E-state index contributed by atoms with van der Waals surface area (Å²) in [6, 6.07) is 21.2. The van der Waals surface area contributed by atoms with Gasteiger partial charge in [0.25, 0.3) is 0 Å². The second-order valence-corrected chi connectivity index (χ2v) is 7.08. The van der Waals surface area contributed by atoms with E-state index in [1.165, 1.54) is 12.1 Å². The molecule has 134 valence electrons. The van der Waals surface area contributed by atoms with Crippen LogP contribution in [0.5, 0.6) is 5.75 Å². The molecule has 3 aromatic rings. The van der Waals surface area contributed by atoms with Gasteiger partial charge in [-0.05, 0) is 75.1 Å². The van der Waals surface area contributed by atoms with E-state index >= 15 is 0 Å². The number of halogens is 3. The Morgan fingerprint density at radius 2 is 1.89 bits per heavy atom. The van der Waals surface area contributed by atoms with E-state index in [4.69, 9.17) is 16.3 Å². The number of hydrogen-bond acceptors (Lipinski definition) is 2. The largest absolute Gasteiger partial charge is 0.488 e. The van der Waals surface area contributed by atoms with Crippen molar-refractivity contribution in [3.63, 3.8) is 0 Å². The SMILES string of the molecule is N#C/C(=C\c1ccc(OCc2cccc(F)c2)c(Br)c1)c1ccc(Cl)cc1. The molecule has 5 heteroatoms. The van der Waals surface area contributed by atoms with Gasteiger partial charge in [0.15, 0.2) is 0 Å². The van der Waals surface area contributed by atoms with Crippen molar-refractivity contribution >= 4 is 39.2 Å². The standard InChI is InChI=1S/C22H14BrClFNO/c23-21-12-15(10-18(13-26)17-5-7-19(24)8-6-17)4-9-22(21)27-14-16-2-1-3-20(25)11-16/h1-12H,14H2/b18-10+. The molecule has 0 aliphatic carbocycles. The lowest BCUT2D eigenvalue weighted by molar-refractivity contribution is 0.303. The number of nitrogens with zero attached hydrogens (tertiary/aromatic N) is 1. The van der Waals surface area contributed by atoms with E-state index in [0.29, 0.717) is 16.3 Å². The van der Waals surface area contributed by atoms with E-state index in [0.717, 1.165) is 21.2 Å². The molecule has 3 aromatic carbocycles. The fraction of sp³-hybridized carbons (Fsp3) is 0.0455. The van der Waals surface area contributed by atoms with Gasteiger partial charge in [-0.3, -0.25) is 0 Å². The number of nitriles is 1. The van der Waals surface area contributed by atoms with Crippen molar-refractivity contribution in [1.82, 2.24) is 0 Å². The Morgan fingerprint density at radius 1 is 1.11 bits per heavy atom. The maximum atomic E-state index is 13.2. The lowest BCUT2D eigenvalue weighted by Gasteiger charge is -2.09. The summed E-state index contributed by atoms with van der Waals surface area (Å²) in [5.41, 5.74) is 2.93. The third kappa shape index (κ3) is 5.19. The normalized spacial score (nSPS) is 11.1. The lowest BCUT2D eigenvalue weighted by atomic mass is 10.0. The van der Waals surface area contributed by atoms with Crippen molar-refractivity contribution < 1.29 is 9.13 Å². The minimum Gasteiger partial charge on any atom is -0.488 e. The first kappa shape index (κ1) is 19.2. The van der Waals surface area contributed by atoms with E-state index in [-0.39, 0.29) is 12.4 Å². The summed E-state index contributed by atoms with van der Waals surface area (Å²) in [5, 5.41) is 10.1. The second kappa shape index (κ2) is 8.85. The minimum atomic E-state index is -0.290. The minimum absolute atomic E-state index is 0.264. The summed E-state index contributed by atoms with van der Waals surface area (Å²) >= 11 is 9.38. The molecule has 0 fully saturated rings. The molecule has 0 atom stereocenters. The molecule has 0 saturated heterocycles. The molecule has 0 spiro atoms. The summed E-state index contributed by atoms with van der Waals surface area (Å²) < 4.78 is 19.7. The van der Waals surface area contributed by atoms with Gasteiger partial charge in [-0.15, -0.1) is 0 Å². The smallest absolute Gasteiger partial charge is 0.134 e. The monoisotopic (exact) mass is 441 g/mol. The van der Waals surface area contributed by atoms with Crippen molar-refractivity contribution in [1.29, 1.82) is 5.26 Å². The predicted molar refractivity (Wildman–Crippen MR) is 110 cm³/mol. The van der Waals surface area contributed by atoms with Gasteiger partial charge in [0.05, 0.1) is 16.1 Å². The van der Waals surface area contributed by atoms with Crippen LogP contribution in [0.1, 0.15) is 16.7 Å². The molecule has 0 N–H and O–H groups in total. The molecule has 3 rings (SSSR count). The van der Waals surface area contributed by atoms with E-state index in [9.17, 15) is 9.65 Å². The van der Waals surface area contributed by atoms with E-state index in [1.54, 1.807) is 30.3 Å². The Balaban J connectivity index is 1.77. The van der Waals surface area contributed by atoms with Crippen LogP contribution in [0.15, 0.2) is 71.2 Å². The van der Waals surface area contributed by atoms with E-state index in [2.05, 4.69) is 22.0 Å². The van der Waals surface area contributed by atoms with Gasteiger partial charge < -0.3 is 4.74 Å². The van der Waals surface area contributed by atoms with Crippen molar-refractivity contribution in [2.24, 2.45) is 0 Å². The molecule has 0 aliphatic heterocycles. The Morgan fingerprint density at radius 3 is 2.56 bits per heavy atom. The maximum Gasteiger partial charge on any atom is 0.134 e. The predicted octanol–water partition coefficient (Wildman–Crippen LogP) is 6.88. The fourth-order valence-electron chi connectivity index (χ4n) is 2.49. The summed E-state index contributed by atoms with van der Waals surface area (Å²) in [7, 11) is 0. The summed E-state index contributed by atoms with van der Waals surface area (Å²) in [4.78, 5) is 0. The van der Waals surface area contributed by atoms with Gasteiger partial charge in [0.1, 0.15) is 18.2 Å². The Labute approximate surface area is 170 Å². The molecule has 27 heavy (non-hydrogen) atoms. The highest BCUT2D eigenvalue weighted by Gasteiger charge is 2.06. The molecular weight excluding hydrogens is 429 g/mol. The summed E-state index contributed by atoms with van der Waals surface area (Å²) in [6.07, 6.45) is 1.80. The second-order valence-electron chi connectivity index (χ2n) is 5.79. The molecule has 0 amide bonds. The highest BCUT2D eigenvalue weighted by molar-refractivity contribution is 9.10. The number of hydrogen-bond donors (Lipinski definition) is 0.